The number of hydrogen-bond acceptors (Lipinski definition) is 10. The van der Waals surface area contributed by atoms with Crippen molar-refractivity contribution in [2.45, 2.75) is 24.8 Å². The summed E-state index contributed by atoms with van der Waals surface area (Å²) in [5.74, 6) is -0.591. The molecule has 2 N–H and O–H groups in total. The van der Waals surface area contributed by atoms with Crippen molar-refractivity contribution < 1.29 is 27.6 Å². The summed E-state index contributed by atoms with van der Waals surface area (Å²) < 4.78 is 39.0. The van der Waals surface area contributed by atoms with Gasteiger partial charge >= 0.3 is 11.8 Å². The summed E-state index contributed by atoms with van der Waals surface area (Å²) in [4.78, 5) is 30.2. The van der Waals surface area contributed by atoms with Crippen molar-refractivity contribution >= 4 is 33.3 Å². The fourth-order valence-corrected chi connectivity index (χ4v) is 3.80. The lowest BCUT2D eigenvalue weighted by Crippen LogP contribution is -2.16. The molecule has 0 saturated carbocycles. The molecule has 1 aromatic carbocycles. The number of ether oxygens (including phenoxy) is 2. The second-order valence-corrected chi connectivity index (χ2v) is 8.52. The molecule has 3 aromatic rings. The quantitative estimate of drug-likeness (QED) is 0.313. The Labute approximate surface area is 194 Å². The van der Waals surface area contributed by atoms with Gasteiger partial charge in [-0.1, -0.05) is 0 Å². The molecular formula is C19H21N7O7S. The topological polar surface area (TPSA) is 180 Å². The molecule has 0 bridgehead atoms. The van der Waals surface area contributed by atoms with Gasteiger partial charge in [-0.15, -0.1) is 0 Å². The zero-order chi connectivity index (χ0) is 24.9. The van der Waals surface area contributed by atoms with Gasteiger partial charge < -0.3 is 24.9 Å². The number of hydrogen-bond donors (Lipinski definition) is 2. The highest BCUT2D eigenvalue weighted by atomic mass is 32.2. The lowest BCUT2D eigenvalue weighted by atomic mass is 10.3. The molecule has 0 radical (unpaired) electrons. The number of nitrogens with zero attached hydrogens (tertiary/aromatic N) is 5. The molecule has 0 saturated heterocycles. The van der Waals surface area contributed by atoms with Crippen molar-refractivity contribution in [3.05, 3.63) is 52.2 Å². The molecule has 3 rings (SSSR count). The van der Waals surface area contributed by atoms with E-state index in [0.29, 0.717) is 11.4 Å². The molecule has 34 heavy (non-hydrogen) atoms. The maximum atomic E-state index is 12.7. The van der Waals surface area contributed by atoms with Crippen molar-refractivity contribution in [2.75, 3.05) is 24.3 Å². The SMILES string of the molecule is COc1cc(NS(=O)(=O)c2ccc(NC(=O)CCn3nc([N+](=O)[O-])cc3C)cc2)nc(OC)n1. The summed E-state index contributed by atoms with van der Waals surface area (Å²) in [6.07, 6.45) is 0.0126. The van der Waals surface area contributed by atoms with E-state index in [-0.39, 0.29) is 47.3 Å². The molecule has 0 aliphatic carbocycles. The number of sulfonamides is 1. The number of benzene rings is 1. The summed E-state index contributed by atoms with van der Waals surface area (Å²) in [6, 6.07) is 8.02. The van der Waals surface area contributed by atoms with E-state index >= 15 is 0 Å². The molecule has 0 spiro atoms. The van der Waals surface area contributed by atoms with Crippen molar-refractivity contribution in [3.8, 4) is 11.9 Å². The average Bonchev–Trinajstić information content (AvgIpc) is 3.18. The van der Waals surface area contributed by atoms with Crippen LogP contribution < -0.4 is 19.5 Å². The number of anilines is 2. The van der Waals surface area contributed by atoms with E-state index in [2.05, 4.69) is 25.1 Å². The molecule has 14 nitrogen and oxygen atoms in total. The van der Waals surface area contributed by atoms with Gasteiger partial charge in [0.25, 0.3) is 10.0 Å². The van der Waals surface area contributed by atoms with E-state index in [1.807, 2.05) is 0 Å². The highest BCUT2D eigenvalue weighted by Gasteiger charge is 2.18. The van der Waals surface area contributed by atoms with Crippen LogP contribution in [0.3, 0.4) is 0 Å². The molecule has 0 atom stereocenters. The maximum Gasteiger partial charge on any atom is 0.390 e. The molecule has 15 heteroatoms. The van der Waals surface area contributed by atoms with Crippen LogP contribution in [-0.2, 0) is 21.4 Å². The van der Waals surface area contributed by atoms with Crippen molar-refractivity contribution in [2.24, 2.45) is 0 Å². The summed E-state index contributed by atoms with van der Waals surface area (Å²) >= 11 is 0. The second kappa shape index (κ2) is 10.1. The number of aromatic nitrogens is 4. The Morgan fingerprint density at radius 2 is 1.85 bits per heavy atom. The zero-order valence-electron chi connectivity index (χ0n) is 18.4. The molecule has 0 unspecified atom stereocenters. The third kappa shape index (κ3) is 5.94. The van der Waals surface area contributed by atoms with Crippen molar-refractivity contribution in [3.63, 3.8) is 0 Å². The van der Waals surface area contributed by atoms with Crippen molar-refractivity contribution in [1.29, 1.82) is 0 Å². The molecule has 0 fully saturated rings. The monoisotopic (exact) mass is 491 g/mol. The van der Waals surface area contributed by atoms with Gasteiger partial charge in [0.05, 0.1) is 42.5 Å². The molecule has 2 heterocycles. The molecular weight excluding hydrogens is 470 g/mol. The number of rotatable bonds is 10. The first kappa shape index (κ1) is 24.4. The molecule has 0 aliphatic heterocycles. The van der Waals surface area contributed by atoms with Gasteiger partial charge in [0.2, 0.25) is 11.8 Å². The molecule has 1 amide bonds. The van der Waals surface area contributed by atoms with Crippen LogP contribution in [0.4, 0.5) is 17.3 Å². The van der Waals surface area contributed by atoms with E-state index in [1.165, 1.54) is 55.3 Å². The van der Waals surface area contributed by atoms with Crippen LogP contribution in [0, 0.1) is 17.0 Å². The predicted molar refractivity (Wildman–Crippen MR) is 119 cm³/mol. The van der Waals surface area contributed by atoms with E-state index in [4.69, 9.17) is 9.47 Å². The van der Waals surface area contributed by atoms with Crippen LogP contribution in [0.5, 0.6) is 11.9 Å². The Kier molecular flexibility index (Phi) is 7.25. The number of carbonyl (C=O) groups is 1. The van der Waals surface area contributed by atoms with E-state index < -0.39 is 14.9 Å². The average molecular weight is 491 g/mol. The number of nitrogens with one attached hydrogen (secondary N) is 2. The lowest BCUT2D eigenvalue weighted by Gasteiger charge is -2.10. The van der Waals surface area contributed by atoms with E-state index in [9.17, 15) is 23.3 Å². The largest absolute Gasteiger partial charge is 0.481 e. The minimum absolute atomic E-state index is 0.0126. The minimum atomic E-state index is -3.99. The first-order valence-corrected chi connectivity index (χ1v) is 11.2. The minimum Gasteiger partial charge on any atom is -0.481 e. The third-order valence-corrected chi connectivity index (χ3v) is 5.84. The molecule has 2 aromatic heterocycles. The Balaban J connectivity index is 1.63. The fourth-order valence-electron chi connectivity index (χ4n) is 2.81. The molecule has 180 valence electrons. The van der Waals surface area contributed by atoms with Crippen LogP contribution in [0.2, 0.25) is 0 Å². The van der Waals surface area contributed by atoms with Gasteiger partial charge in [0.1, 0.15) is 0 Å². The standard InChI is InChI=1S/C19H21N7O7S/c1-12-10-16(26(28)29)23-25(12)9-8-17(27)20-13-4-6-14(7-5-13)34(30,31)24-15-11-18(32-2)22-19(21-15)33-3/h4-7,10-11H,8-9H2,1-3H3,(H,20,27)(H,21,22,24). The van der Waals surface area contributed by atoms with Crippen LogP contribution in [-0.4, -0.2) is 53.2 Å². The Morgan fingerprint density at radius 3 is 2.44 bits per heavy atom. The summed E-state index contributed by atoms with van der Waals surface area (Å²) in [7, 11) is -1.29. The first-order valence-electron chi connectivity index (χ1n) is 9.70. The van der Waals surface area contributed by atoms with Gasteiger partial charge in [0, 0.05) is 18.2 Å². The van der Waals surface area contributed by atoms with Crippen LogP contribution in [0.25, 0.3) is 0 Å². The number of carbonyl (C=O) groups excluding carboxylic acids is 1. The van der Waals surface area contributed by atoms with Crippen molar-refractivity contribution in [1.82, 2.24) is 19.7 Å². The Hall–Kier alpha value is -4.27. The number of aryl methyl sites for hydroxylation is 2. The fraction of sp³-hybridized carbons (Fsp3) is 0.263. The van der Waals surface area contributed by atoms with Gasteiger partial charge in [-0.3, -0.25) is 9.52 Å². The Bertz CT molecular complexity index is 1280. The predicted octanol–water partition coefficient (Wildman–Crippen LogP) is 1.74. The highest BCUT2D eigenvalue weighted by molar-refractivity contribution is 7.92. The van der Waals surface area contributed by atoms with Gasteiger partial charge in [-0.2, -0.15) is 14.6 Å². The Morgan fingerprint density at radius 1 is 1.15 bits per heavy atom. The van der Waals surface area contributed by atoms with Crippen LogP contribution in [0.15, 0.2) is 41.3 Å². The summed E-state index contributed by atoms with van der Waals surface area (Å²) in [6.45, 7) is 1.80. The number of amides is 1. The normalized spacial score (nSPS) is 11.0. The smallest absolute Gasteiger partial charge is 0.390 e. The van der Waals surface area contributed by atoms with Gasteiger partial charge in [0.15, 0.2) is 5.82 Å². The third-order valence-electron chi connectivity index (χ3n) is 4.47. The van der Waals surface area contributed by atoms with E-state index in [1.54, 1.807) is 6.92 Å². The lowest BCUT2D eigenvalue weighted by molar-refractivity contribution is -0.389. The maximum absolute atomic E-state index is 12.7. The van der Waals surface area contributed by atoms with Crippen LogP contribution in [0.1, 0.15) is 12.1 Å². The summed E-state index contributed by atoms with van der Waals surface area (Å²) in [5, 5.41) is 17.2. The van der Waals surface area contributed by atoms with E-state index in [0.717, 1.165) is 0 Å². The van der Waals surface area contributed by atoms with Gasteiger partial charge in [-0.25, -0.2) is 8.42 Å². The van der Waals surface area contributed by atoms with Gasteiger partial charge in [-0.05, 0) is 36.1 Å². The number of nitro groups is 1. The van der Waals surface area contributed by atoms with Crippen LogP contribution >= 0.6 is 0 Å². The molecule has 0 aliphatic rings. The second-order valence-electron chi connectivity index (χ2n) is 6.83. The summed E-state index contributed by atoms with van der Waals surface area (Å²) in [5.41, 5.74) is 0.929. The number of methoxy groups -OCH3 is 2. The first-order chi connectivity index (χ1) is 16.1. The zero-order valence-corrected chi connectivity index (χ0v) is 19.2. The highest BCUT2D eigenvalue weighted by Crippen LogP contribution is 2.21.